The van der Waals surface area contributed by atoms with E-state index in [1.165, 1.54) is 18.6 Å². The van der Waals surface area contributed by atoms with Crippen LogP contribution in [0.15, 0.2) is 47.7 Å². The lowest BCUT2D eigenvalue weighted by atomic mass is 10.1. The van der Waals surface area contributed by atoms with Crippen molar-refractivity contribution in [3.8, 4) is 0 Å². The van der Waals surface area contributed by atoms with Gasteiger partial charge in [0.15, 0.2) is 0 Å². The molecule has 126 valence electrons. The zero-order valence-corrected chi connectivity index (χ0v) is 13.4. The van der Waals surface area contributed by atoms with Crippen molar-refractivity contribution >= 4 is 22.7 Å². The fourth-order valence-corrected chi connectivity index (χ4v) is 2.34. The Balaban J connectivity index is 1.76. The maximum absolute atomic E-state index is 12.3. The molecule has 0 aliphatic carbocycles. The Kier molecular flexibility index (Phi) is 4.51. The Bertz CT molecular complexity index is 1010. The van der Waals surface area contributed by atoms with E-state index in [1.807, 2.05) is 0 Å². The van der Waals surface area contributed by atoms with E-state index in [0.29, 0.717) is 16.5 Å². The molecule has 8 nitrogen and oxygen atoms in total. The highest BCUT2D eigenvalue weighted by Gasteiger charge is 2.10. The Morgan fingerprint density at radius 1 is 1.16 bits per heavy atom. The maximum atomic E-state index is 12.3. The number of pyridine rings is 1. The molecular weight excluding hydrogens is 322 g/mol. The molecule has 0 radical (unpaired) electrons. The number of fused-ring (bicyclic) bond motifs is 1. The number of aromatic amines is 1. The van der Waals surface area contributed by atoms with Crippen LogP contribution in [-0.4, -0.2) is 33.8 Å². The number of amides is 2. The van der Waals surface area contributed by atoms with Gasteiger partial charge in [-0.15, -0.1) is 0 Å². The summed E-state index contributed by atoms with van der Waals surface area (Å²) in [5.74, 6) is -0.619. The van der Waals surface area contributed by atoms with Gasteiger partial charge in [0.25, 0.3) is 17.4 Å². The first-order chi connectivity index (χ1) is 12.1. The Hall–Kier alpha value is -3.55. The molecule has 0 saturated carbocycles. The van der Waals surface area contributed by atoms with Gasteiger partial charge in [0.2, 0.25) is 0 Å². The number of nitrogens with zero attached hydrogens (tertiary/aromatic N) is 2. The minimum Gasteiger partial charge on any atom is -0.355 e. The Labute approximate surface area is 142 Å². The topological polar surface area (TPSA) is 117 Å². The summed E-state index contributed by atoms with van der Waals surface area (Å²) < 4.78 is 0. The van der Waals surface area contributed by atoms with E-state index < -0.39 is 5.91 Å². The number of aromatic nitrogens is 3. The number of benzene rings is 1. The third-order valence-electron chi connectivity index (χ3n) is 3.63. The standard InChI is InChI=1S/C17H15N5O3/c1-18-15(23)11-4-2-3-10(5-11)7-20-17(25)13-6-12-14(8-19-13)21-9-22-16(12)24/h2-6,8-9H,7H2,1H3,(H,18,23)(H,20,25)(H,21,22,24). The first-order valence-corrected chi connectivity index (χ1v) is 7.51. The van der Waals surface area contributed by atoms with E-state index in [2.05, 4.69) is 25.6 Å². The number of hydrogen-bond acceptors (Lipinski definition) is 5. The molecule has 1 aromatic carbocycles. The molecule has 2 amide bonds. The summed E-state index contributed by atoms with van der Waals surface area (Å²) in [5, 5.41) is 5.56. The molecule has 0 spiro atoms. The van der Waals surface area contributed by atoms with Crippen molar-refractivity contribution < 1.29 is 9.59 Å². The van der Waals surface area contributed by atoms with Crippen LogP contribution in [-0.2, 0) is 6.54 Å². The second-order valence-electron chi connectivity index (χ2n) is 5.28. The van der Waals surface area contributed by atoms with Crippen LogP contribution in [0.5, 0.6) is 0 Å². The molecule has 8 heteroatoms. The van der Waals surface area contributed by atoms with E-state index in [4.69, 9.17) is 0 Å². The molecule has 0 aliphatic rings. The average molecular weight is 337 g/mol. The Morgan fingerprint density at radius 3 is 2.80 bits per heavy atom. The molecule has 0 bridgehead atoms. The van der Waals surface area contributed by atoms with Crippen molar-refractivity contribution in [3.05, 3.63) is 70.0 Å². The number of rotatable bonds is 4. The zero-order chi connectivity index (χ0) is 17.8. The minimum atomic E-state index is -0.421. The van der Waals surface area contributed by atoms with Crippen LogP contribution in [0.3, 0.4) is 0 Å². The number of nitrogens with one attached hydrogen (secondary N) is 3. The predicted molar refractivity (Wildman–Crippen MR) is 91.2 cm³/mol. The highest BCUT2D eigenvalue weighted by atomic mass is 16.2. The lowest BCUT2D eigenvalue weighted by Crippen LogP contribution is -2.24. The molecule has 3 aromatic rings. The second-order valence-corrected chi connectivity index (χ2v) is 5.28. The molecule has 3 N–H and O–H groups in total. The lowest BCUT2D eigenvalue weighted by Gasteiger charge is -2.07. The molecule has 0 fully saturated rings. The molecule has 2 aromatic heterocycles. The Morgan fingerprint density at radius 2 is 2.00 bits per heavy atom. The van der Waals surface area contributed by atoms with Gasteiger partial charge in [-0.05, 0) is 23.8 Å². The molecule has 0 atom stereocenters. The van der Waals surface area contributed by atoms with Gasteiger partial charge in [0, 0.05) is 19.2 Å². The van der Waals surface area contributed by atoms with Gasteiger partial charge in [0.1, 0.15) is 5.69 Å². The van der Waals surface area contributed by atoms with Crippen LogP contribution >= 0.6 is 0 Å². The summed E-state index contributed by atoms with van der Waals surface area (Å²) >= 11 is 0. The van der Waals surface area contributed by atoms with Gasteiger partial charge in [0.05, 0.1) is 23.4 Å². The lowest BCUT2D eigenvalue weighted by molar-refractivity contribution is 0.0944. The van der Waals surface area contributed by atoms with Gasteiger partial charge in [-0.3, -0.25) is 14.4 Å². The van der Waals surface area contributed by atoms with Gasteiger partial charge in [-0.1, -0.05) is 12.1 Å². The highest BCUT2D eigenvalue weighted by molar-refractivity contribution is 5.96. The summed E-state index contributed by atoms with van der Waals surface area (Å²) in [6.07, 6.45) is 2.66. The second kappa shape index (κ2) is 6.91. The quantitative estimate of drug-likeness (QED) is 0.645. The van der Waals surface area contributed by atoms with Gasteiger partial charge >= 0.3 is 0 Å². The molecule has 0 saturated heterocycles. The van der Waals surface area contributed by atoms with Crippen LogP contribution < -0.4 is 16.2 Å². The van der Waals surface area contributed by atoms with E-state index in [9.17, 15) is 14.4 Å². The van der Waals surface area contributed by atoms with Crippen molar-refractivity contribution in [2.75, 3.05) is 7.05 Å². The normalized spacial score (nSPS) is 10.4. The van der Waals surface area contributed by atoms with Crippen LogP contribution in [0.1, 0.15) is 26.4 Å². The van der Waals surface area contributed by atoms with Gasteiger partial charge in [-0.2, -0.15) is 0 Å². The molecule has 3 rings (SSSR count). The fourth-order valence-electron chi connectivity index (χ4n) is 2.34. The summed E-state index contributed by atoms with van der Waals surface area (Å²) in [4.78, 5) is 46.1. The summed E-state index contributed by atoms with van der Waals surface area (Å²) in [7, 11) is 1.55. The number of hydrogen-bond donors (Lipinski definition) is 3. The molecular formula is C17H15N5O3. The molecule has 2 heterocycles. The SMILES string of the molecule is CNC(=O)c1cccc(CNC(=O)c2cc3c(=O)[nH]cnc3cn2)c1. The fraction of sp³-hybridized carbons (Fsp3) is 0.118. The summed E-state index contributed by atoms with van der Waals surface area (Å²) in [6, 6.07) is 8.33. The number of carbonyl (C=O) groups is 2. The molecule has 0 aliphatic heterocycles. The van der Waals surface area contributed by atoms with E-state index in [-0.39, 0.29) is 23.7 Å². The first kappa shape index (κ1) is 16.3. The van der Waals surface area contributed by atoms with Crippen molar-refractivity contribution in [2.24, 2.45) is 0 Å². The van der Waals surface area contributed by atoms with E-state index >= 15 is 0 Å². The van der Waals surface area contributed by atoms with Gasteiger partial charge in [-0.25, -0.2) is 9.97 Å². The monoisotopic (exact) mass is 337 g/mol. The number of carbonyl (C=O) groups excluding carboxylic acids is 2. The van der Waals surface area contributed by atoms with Crippen molar-refractivity contribution in [1.82, 2.24) is 25.6 Å². The maximum Gasteiger partial charge on any atom is 0.270 e. The summed E-state index contributed by atoms with van der Waals surface area (Å²) in [5.41, 5.74) is 1.48. The third-order valence-corrected chi connectivity index (χ3v) is 3.63. The zero-order valence-electron chi connectivity index (χ0n) is 13.4. The van der Waals surface area contributed by atoms with Crippen LogP contribution in [0.25, 0.3) is 10.9 Å². The molecule has 0 unspecified atom stereocenters. The van der Waals surface area contributed by atoms with E-state index in [0.717, 1.165) is 5.56 Å². The molecule has 25 heavy (non-hydrogen) atoms. The van der Waals surface area contributed by atoms with Crippen LogP contribution in [0.2, 0.25) is 0 Å². The summed E-state index contributed by atoms with van der Waals surface area (Å²) in [6.45, 7) is 0.229. The van der Waals surface area contributed by atoms with Crippen molar-refractivity contribution in [2.45, 2.75) is 6.54 Å². The van der Waals surface area contributed by atoms with Crippen molar-refractivity contribution in [1.29, 1.82) is 0 Å². The third kappa shape index (κ3) is 3.52. The average Bonchev–Trinajstić information content (AvgIpc) is 2.65. The van der Waals surface area contributed by atoms with Gasteiger partial charge < -0.3 is 15.6 Å². The number of H-pyrrole nitrogens is 1. The smallest absolute Gasteiger partial charge is 0.270 e. The minimum absolute atomic E-state index is 0.119. The van der Waals surface area contributed by atoms with E-state index in [1.54, 1.807) is 31.3 Å². The van der Waals surface area contributed by atoms with Crippen LogP contribution in [0.4, 0.5) is 0 Å². The predicted octanol–water partition coefficient (Wildman–Crippen LogP) is 0.608. The highest BCUT2D eigenvalue weighted by Crippen LogP contribution is 2.08. The van der Waals surface area contributed by atoms with Crippen molar-refractivity contribution in [3.63, 3.8) is 0 Å². The first-order valence-electron chi connectivity index (χ1n) is 7.51. The largest absolute Gasteiger partial charge is 0.355 e. The van der Waals surface area contributed by atoms with Crippen LogP contribution in [0, 0.1) is 0 Å².